The van der Waals surface area contributed by atoms with Crippen LogP contribution in [0.15, 0.2) is 77.2 Å². The molecule has 146 valence electrons. The van der Waals surface area contributed by atoms with E-state index < -0.39 is 24.2 Å². The van der Waals surface area contributed by atoms with Gasteiger partial charge in [-0.15, -0.1) is 0 Å². The molecule has 2 heterocycles. The summed E-state index contributed by atoms with van der Waals surface area (Å²) in [6.45, 7) is 1.99. The fraction of sp³-hybridized carbons (Fsp3) is 0.0741. The predicted molar refractivity (Wildman–Crippen MR) is 120 cm³/mol. The Kier molecular flexibility index (Phi) is 3.35. The van der Waals surface area contributed by atoms with Crippen LogP contribution in [0.2, 0.25) is 0 Å². The third-order valence-electron chi connectivity index (χ3n) is 5.44. The molecule has 0 fully saturated rings. The summed E-state index contributed by atoms with van der Waals surface area (Å²) < 4.78 is 42.0. The average molecular weight is 404 g/mol. The van der Waals surface area contributed by atoms with Gasteiger partial charge in [0.1, 0.15) is 18.2 Å². The lowest BCUT2D eigenvalue weighted by Gasteiger charge is -2.05. The number of pyridine rings is 1. The van der Waals surface area contributed by atoms with Gasteiger partial charge in [-0.05, 0) is 48.3 Å². The lowest BCUT2D eigenvalue weighted by atomic mass is 9.95. The van der Waals surface area contributed by atoms with E-state index in [1.807, 2.05) is 55.1 Å². The van der Waals surface area contributed by atoms with E-state index in [-0.39, 0.29) is 22.3 Å². The van der Waals surface area contributed by atoms with Crippen molar-refractivity contribution in [3.8, 4) is 34.5 Å². The van der Waals surface area contributed by atoms with Crippen LogP contribution in [0.1, 0.15) is 22.2 Å². The highest BCUT2D eigenvalue weighted by molar-refractivity contribution is 6.13. The van der Waals surface area contributed by atoms with E-state index in [0.29, 0.717) is 16.6 Å². The van der Waals surface area contributed by atoms with Crippen LogP contribution in [-0.2, 0) is 7.05 Å². The van der Waals surface area contributed by atoms with Gasteiger partial charge in [-0.25, -0.2) is 4.57 Å². The summed E-state index contributed by atoms with van der Waals surface area (Å²) in [4.78, 5) is 0. The molecule has 2 aromatic heterocycles. The van der Waals surface area contributed by atoms with E-state index in [2.05, 4.69) is 6.07 Å². The van der Waals surface area contributed by atoms with Crippen LogP contribution >= 0.6 is 0 Å². The number of rotatable bonds is 2. The molecule has 4 nitrogen and oxygen atoms in total. The van der Waals surface area contributed by atoms with Crippen LogP contribution in [0.4, 0.5) is 0 Å². The molecule has 3 aromatic carbocycles. The van der Waals surface area contributed by atoms with Crippen LogP contribution in [0.5, 0.6) is 0 Å². The number of nitriles is 2. The maximum absolute atomic E-state index is 9.88. The fourth-order valence-electron chi connectivity index (χ4n) is 3.94. The zero-order chi connectivity index (χ0) is 25.0. The van der Waals surface area contributed by atoms with Crippen molar-refractivity contribution in [2.75, 3.05) is 0 Å². The molecule has 0 aliphatic carbocycles. The van der Waals surface area contributed by atoms with Crippen molar-refractivity contribution < 1.29 is 14.5 Å². The summed E-state index contributed by atoms with van der Waals surface area (Å²) >= 11 is 0. The zero-order valence-electron chi connectivity index (χ0n) is 20.9. The highest BCUT2D eigenvalue weighted by atomic mass is 16.3. The molecule has 0 bridgehead atoms. The molecule has 0 spiro atoms. The van der Waals surface area contributed by atoms with Gasteiger partial charge in [0.05, 0.1) is 34.3 Å². The van der Waals surface area contributed by atoms with Crippen molar-refractivity contribution in [3.63, 3.8) is 0 Å². The monoisotopic (exact) mass is 404 g/mol. The highest BCUT2D eigenvalue weighted by Crippen LogP contribution is 2.41. The Bertz CT molecular complexity index is 1760. The SMILES string of the molecule is [2H]c1c([2H])c(-c2c(C#N)ccc3c2oc2c(-c4cccc[n+]4C)c(C)ccc23)c([2H])c([2H])c1C#N. The summed E-state index contributed by atoms with van der Waals surface area (Å²) in [5.74, 6) is 0. The Hall–Kier alpha value is -4.41. The third-order valence-corrected chi connectivity index (χ3v) is 5.44. The summed E-state index contributed by atoms with van der Waals surface area (Å²) in [5, 5.41) is 20.7. The molecule has 5 aromatic rings. The number of fused-ring (bicyclic) bond motifs is 3. The standard InChI is InChI=1S/C27H18N3O/c1-17-6-12-21-22-13-11-20(16-29)25(19-9-7-18(15-28)8-10-19)27(22)31-26(21)24(17)23-5-3-4-14-30(23)2/h3-14H,1-2H3/q+1/i7D,8D,9D,10D. The van der Waals surface area contributed by atoms with E-state index in [1.54, 1.807) is 18.2 Å². The first-order chi connectivity index (χ1) is 16.8. The Morgan fingerprint density at radius 1 is 0.871 bits per heavy atom. The topological polar surface area (TPSA) is 64.6 Å². The number of hydrogen-bond acceptors (Lipinski definition) is 3. The molecule has 0 radical (unpaired) electrons. The number of aryl methyl sites for hydroxylation is 2. The first-order valence-corrected chi connectivity index (χ1v) is 9.64. The molecule has 5 rings (SSSR count). The molecule has 0 aliphatic rings. The molecule has 0 amide bonds. The van der Waals surface area contributed by atoms with E-state index in [4.69, 9.17) is 9.90 Å². The molecular formula is C27H18N3O+. The molecular weight excluding hydrogens is 382 g/mol. The minimum Gasteiger partial charge on any atom is -0.454 e. The number of benzene rings is 3. The first kappa shape index (κ1) is 14.6. The van der Waals surface area contributed by atoms with E-state index in [9.17, 15) is 10.5 Å². The quantitative estimate of drug-likeness (QED) is 0.350. The van der Waals surface area contributed by atoms with E-state index >= 15 is 0 Å². The van der Waals surface area contributed by atoms with E-state index in [0.717, 1.165) is 22.2 Å². The van der Waals surface area contributed by atoms with Gasteiger partial charge in [0.2, 0.25) is 5.69 Å². The van der Waals surface area contributed by atoms with Crippen LogP contribution in [0.3, 0.4) is 0 Å². The summed E-state index contributed by atoms with van der Waals surface area (Å²) in [7, 11) is 1.94. The molecule has 0 saturated heterocycles. The molecule has 0 aliphatic heterocycles. The van der Waals surface area contributed by atoms with Gasteiger partial charge in [0, 0.05) is 28.5 Å². The van der Waals surface area contributed by atoms with Gasteiger partial charge in [-0.1, -0.05) is 24.2 Å². The predicted octanol–water partition coefficient (Wildman–Crippen LogP) is 5.80. The average Bonchev–Trinajstić information content (AvgIpc) is 3.23. The van der Waals surface area contributed by atoms with Crippen LogP contribution in [-0.4, -0.2) is 0 Å². The maximum atomic E-state index is 9.88. The van der Waals surface area contributed by atoms with Gasteiger partial charge in [-0.3, -0.25) is 0 Å². The third kappa shape index (κ3) is 2.86. The van der Waals surface area contributed by atoms with Crippen molar-refractivity contribution >= 4 is 21.9 Å². The van der Waals surface area contributed by atoms with Gasteiger partial charge < -0.3 is 4.42 Å². The second-order valence-corrected chi connectivity index (χ2v) is 7.27. The molecule has 4 heteroatoms. The smallest absolute Gasteiger partial charge is 0.216 e. The first-order valence-electron chi connectivity index (χ1n) is 11.6. The lowest BCUT2D eigenvalue weighted by Crippen LogP contribution is -2.30. The van der Waals surface area contributed by atoms with Crippen molar-refractivity contribution in [2.24, 2.45) is 7.05 Å². The zero-order valence-corrected chi connectivity index (χ0v) is 16.9. The Balaban J connectivity index is 1.98. The number of aromatic nitrogens is 1. The molecule has 31 heavy (non-hydrogen) atoms. The van der Waals surface area contributed by atoms with Crippen molar-refractivity contribution in [1.82, 2.24) is 0 Å². The minimum absolute atomic E-state index is 0.0660. The second-order valence-electron chi connectivity index (χ2n) is 7.27. The normalized spacial score (nSPS) is 12.6. The maximum Gasteiger partial charge on any atom is 0.216 e. The molecule has 0 atom stereocenters. The van der Waals surface area contributed by atoms with Gasteiger partial charge in [0.15, 0.2) is 6.20 Å². The fourth-order valence-corrected chi connectivity index (χ4v) is 3.94. The number of furan rings is 1. The van der Waals surface area contributed by atoms with Gasteiger partial charge in [-0.2, -0.15) is 10.5 Å². The highest BCUT2D eigenvalue weighted by Gasteiger charge is 2.22. The van der Waals surface area contributed by atoms with Crippen LogP contribution in [0.25, 0.3) is 44.3 Å². The van der Waals surface area contributed by atoms with E-state index in [1.165, 1.54) is 0 Å². The van der Waals surface area contributed by atoms with Gasteiger partial charge >= 0.3 is 0 Å². The Labute approximate surface area is 185 Å². The molecule has 0 saturated carbocycles. The largest absolute Gasteiger partial charge is 0.454 e. The summed E-state index contributed by atoms with van der Waals surface area (Å²) in [6.07, 6.45) is 1.94. The summed E-state index contributed by atoms with van der Waals surface area (Å²) in [5.41, 5.74) is 3.64. The second kappa shape index (κ2) is 7.13. The molecule has 0 unspecified atom stereocenters. The summed E-state index contributed by atoms with van der Waals surface area (Å²) in [6, 6.07) is 15.3. The van der Waals surface area contributed by atoms with Crippen LogP contribution in [0, 0.1) is 29.6 Å². The van der Waals surface area contributed by atoms with Crippen LogP contribution < -0.4 is 4.57 Å². The Morgan fingerprint density at radius 3 is 2.26 bits per heavy atom. The Morgan fingerprint density at radius 2 is 1.58 bits per heavy atom. The number of nitrogens with zero attached hydrogens (tertiary/aromatic N) is 3. The minimum atomic E-state index is -0.451. The lowest BCUT2D eigenvalue weighted by molar-refractivity contribution is -0.660. The van der Waals surface area contributed by atoms with Crippen molar-refractivity contribution in [3.05, 3.63) is 89.5 Å². The number of hydrogen-bond donors (Lipinski definition) is 0. The van der Waals surface area contributed by atoms with Crippen molar-refractivity contribution in [2.45, 2.75) is 6.92 Å². The van der Waals surface area contributed by atoms with Gasteiger partial charge in [0.25, 0.3) is 0 Å². The van der Waals surface area contributed by atoms with Crippen molar-refractivity contribution in [1.29, 1.82) is 10.5 Å². The molecule has 0 N–H and O–H groups in total.